The summed E-state index contributed by atoms with van der Waals surface area (Å²) in [5.41, 5.74) is 2.18. The second-order valence-electron chi connectivity index (χ2n) is 6.78. The fourth-order valence-electron chi connectivity index (χ4n) is 2.96. The van der Waals surface area contributed by atoms with E-state index in [2.05, 4.69) is 20.6 Å². The number of carboxylic acids is 1. The van der Waals surface area contributed by atoms with Crippen LogP contribution in [0.5, 0.6) is 0 Å². The molecule has 8 nitrogen and oxygen atoms in total. The zero-order valence-corrected chi connectivity index (χ0v) is 15.4. The average molecular weight is 367 g/mol. The molecule has 0 saturated heterocycles. The van der Waals surface area contributed by atoms with Gasteiger partial charge in [0.05, 0.1) is 16.9 Å². The first-order valence-electron chi connectivity index (χ1n) is 8.68. The highest BCUT2D eigenvalue weighted by atomic mass is 16.4. The second-order valence-corrected chi connectivity index (χ2v) is 6.78. The van der Waals surface area contributed by atoms with Crippen LogP contribution in [0.3, 0.4) is 0 Å². The van der Waals surface area contributed by atoms with Crippen molar-refractivity contribution in [2.45, 2.75) is 33.2 Å². The number of hydrogen-bond acceptors (Lipinski definition) is 5. The number of nitrogens with one attached hydrogen (secondary N) is 1. The monoisotopic (exact) mass is 367 g/mol. The predicted octanol–water partition coefficient (Wildman–Crippen LogP) is 2.35. The van der Waals surface area contributed by atoms with E-state index >= 15 is 0 Å². The summed E-state index contributed by atoms with van der Waals surface area (Å²) in [6.07, 6.45) is 2.04. The molecule has 1 atom stereocenters. The van der Waals surface area contributed by atoms with Crippen LogP contribution in [-0.2, 0) is 4.79 Å². The van der Waals surface area contributed by atoms with Gasteiger partial charge in [-0.15, -0.1) is 5.10 Å². The van der Waals surface area contributed by atoms with E-state index in [1.807, 2.05) is 44.2 Å². The summed E-state index contributed by atoms with van der Waals surface area (Å²) >= 11 is 0. The van der Waals surface area contributed by atoms with Gasteiger partial charge >= 0.3 is 5.97 Å². The zero-order chi connectivity index (χ0) is 19.6. The van der Waals surface area contributed by atoms with Gasteiger partial charge in [-0.05, 0) is 43.5 Å². The number of nitrogens with zero attached hydrogens (tertiary/aromatic N) is 4. The van der Waals surface area contributed by atoms with E-state index in [4.69, 9.17) is 0 Å². The molecule has 3 rings (SSSR count). The van der Waals surface area contributed by atoms with Crippen molar-refractivity contribution in [2.75, 3.05) is 0 Å². The van der Waals surface area contributed by atoms with Crippen LogP contribution in [0.4, 0.5) is 0 Å². The smallest absolute Gasteiger partial charge is 0.326 e. The summed E-state index contributed by atoms with van der Waals surface area (Å²) in [7, 11) is 0. The van der Waals surface area contributed by atoms with Crippen molar-refractivity contribution in [3.05, 3.63) is 47.9 Å². The van der Waals surface area contributed by atoms with Crippen LogP contribution in [-0.4, -0.2) is 43.0 Å². The van der Waals surface area contributed by atoms with Crippen LogP contribution < -0.4 is 5.32 Å². The van der Waals surface area contributed by atoms with Gasteiger partial charge < -0.3 is 10.4 Å². The quantitative estimate of drug-likeness (QED) is 0.692. The Morgan fingerprint density at radius 2 is 2.00 bits per heavy atom. The Morgan fingerprint density at radius 3 is 2.70 bits per heavy atom. The van der Waals surface area contributed by atoms with Crippen LogP contribution in [0.1, 0.15) is 36.5 Å². The maximum atomic E-state index is 12.6. The minimum absolute atomic E-state index is 0.103. The topological polar surface area (TPSA) is 110 Å². The van der Waals surface area contributed by atoms with E-state index < -0.39 is 17.9 Å². The van der Waals surface area contributed by atoms with Crippen LogP contribution in [0.15, 0.2) is 36.5 Å². The Kier molecular flexibility index (Phi) is 5.16. The van der Waals surface area contributed by atoms with Crippen LogP contribution in [0.25, 0.3) is 16.6 Å². The molecule has 1 aromatic carbocycles. The van der Waals surface area contributed by atoms with E-state index in [1.54, 1.807) is 17.8 Å². The van der Waals surface area contributed by atoms with Crippen molar-refractivity contribution in [2.24, 2.45) is 5.92 Å². The number of hydrogen-bond donors (Lipinski definition) is 2. The maximum Gasteiger partial charge on any atom is 0.326 e. The van der Waals surface area contributed by atoms with E-state index in [1.165, 1.54) is 0 Å². The molecule has 0 aliphatic heterocycles. The van der Waals surface area contributed by atoms with E-state index in [0.29, 0.717) is 12.1 Å². The molecular weight excluding hydrogens is 346 g/mol. The number of benzene rings is 1. The number of aromatic nitrogens is 4. The molecule has 0 saturated carbocycles. The van der Waals surface area contributed by atoms with Crippen molar-refractivity contribution >= 4 is 22.8 Å². The molecule has 0 unspecified atom stereocenters. The van der Waals surface area contributed by atoms with Crippen molar-refractivity contribution in [3.63, 3.8) is 0 Å². The average Bonchev–Trinajstić information content (AvgIpc) is 3.01. The Bertz CT molecular complexity index is 991. The first-order chi connectivity index (χ1) is 12.9. The van der Waals surface area contributed by atoms with Gasteiger partial charge in [-0.3, -0.25) is 9.78 Å². The second kappa shape index (κ2) is 7.53. The molecule has 0 spiro atoms. The van der Waals surface area contributed by atoms with Crippen molar-refractivity contribution in [3.8, 4) is 5.69 Å². The van der Waals surface area contributed by atoms with Crippen LogP contribution in [0.2, 0.25) is 0 Å². The minimum atomic E-state index is -1.07. The number of carbonyl (C=O) groups excluding carboxylic acids is 1. The molecule has 2 aromatic heterocycles. The SMILES string of the molecule is Cc1c(C(=O)N[C@@H](CC(C)C)C(=O)O)nnn1-c1cccc2ncccc12. The van der Waals surface area contributed by atoms with Gasteiger partial charge in [0.25, 0.3) is 5.91 Å². The van der Waals surface area contributed by atoms with Crippen molar-refractivity contribution < 1.29 is 14.7 Å². The van der Waals surface area contributed by atoms with E-state index in [9.17, 15) is 14.7 Å². The number of rotatable bonds is 6. The van der Waals surface area contributed by atoms with Crippen molar-refractivity contribution in [1.82, 2.24) is 25.3 Å². The number of amides is 1. The number of aliphatic carboxylic acids is 1. The lowest BCUT2D eigenvalue weighted by molar-refractivity contribution is -0.139. The molecule has 0 aliphatic carbocycles. The highest BCUT2D eigenvalue weighted by Gasteiger charge is 2.25. The van der Waals surface area contributed by atoms with Crippen LogP contribution in [0, 0.1) is 12.8 Å². The molecule has 140 valence electrons. The predicted molar refractivity (Wildman–Crippen MR) is 99.7 cm³/mol. The fourth-order valence-corrected chi connectivity index (χ4v) is 2.96. The molecule has 8 heteroatoms. The van der Waals surface area contributed by atoms with Gasteiger partial charge in [0, 0.05) is 11.6 Å². The van der Waals surface area contributed by atoms with E-state index in [-0.39, 0.29) is 11.6 Å². The fraction of sp³-hybridized carbons (Fsp3) is 0.316. The Balaban J connectivity index is 1.93. The van der Waals surface area contributed by atoms with Gasteiger partial charge in [0.15, 0.2) is 5.69 Å². The first-order valence-corrected chi connectivity index (χ1v) is 8.68. The summed E-state index contributed by atoms with van der Waals surface area (Å²) in [4.78, 5) is 28.3. The summed E-state index contributed by atoms with van der Waals surface area (Å²) in [5, 5.41) is 20.8. The lowest BCUT2D eigenvalue weighted by atomic mass is 10.0. The van der Waals surface area contributed by atoms with Gasteiger partial charge in [-0.1, -0.05) is 25.1 Å². The number of carbonyl (C=O) groups is 2. The molecule has 27 heavy (non-hydrogen) atoms. The number of fused-ring (bicyclic) bond motifs is 1. The molecule has 0 bridgehead atoms. The lowest BCUT2D eigenvalue weighted by Crippen LogP contribution is -2.42. The highest BCUT2D eigenvalue weighted by Crippen LogP contribution is 2.22. The molecular formula is C19H21N5O3. The third-order valence-corrected chi connectivity index (χ3v) is 4.27. The Labute approximate surface area is 156 Å². The third kappa shape index (κ3) is 3.79. The van der Waals surface area contributed by atoms with Gasteiger partial charge in [-0.2, -0.15) is 0 Å². The van der Waals surface area contributed by atoms with Gasteiger partial charge in [0.1, 0.15) is 6.04 Å². The highest BCUT2D eigenvalue weighted by molar-refractivity contribution is 5.96. The standard InChI is InChI=1S/C19H21N5O3/c1-11(2)10-15(19(26)27)21-18(25)17-12(3)24(23-22-17)16-8-4-7-14-13(16)6-5-9-20-14/h4-9,11,15H,10H2,1-3H3,(H,21,25)(H,26,27)/t15-/m0/s1. The maximum absolute atomic E-state index is 12.6. The normalized spacial score (nSPS) is 12.3. The number of carboxylic acid groups (broad SMARTS) is 1. The molecule has 0 aliphatic rings. The molecule has 0 radical (unpaired) electrons. The molecule has 2 N–H and O–H groups in total. The molecule has 0 fully saturated rings. The lowest BCUT2D eigenvalue weighted by Gasteiger charge is -2.15. The van der Waals surface area contributed by atoms with E-state index in [0.717, 1.165) is 16.6 Å². The third-order valence-electron chi connectivity index (χ3n) is 4.27. The Hall–Kier alpha value is -3.29. The summed E-state index contributed by atoms with van der Waals surface area (Å²) in [6, 6.07) is 8.39. The molecule has 1 amide bonds. The first kappa shape index (κ1) is 18.5. The zero-order valence-electron chi connectivity index (χ0n) is 15.4. The van der Waals surface area contributed by atoms with Gasteiger partial charge in [-0.25, -0.2) is 9.48 Å². The van der Waals surface area contributed by atoms with Gasteiger partial charge in [0.2, 0.25) is 0 Å². The van der Waals surface area contributed by atoms with Crippen LogP contribution >= 0.6 is 0 Å². The summed E-state index contributed by atoms with van der Waals surface area (Å²) < 4.78 is 1.57. The minimum Gasteiger partial charge on any atom is -0.480 e. The Morgan fingerprint density at radius 1 is 1.22 bits per heavy atom. The molecule has 3 aromatic rings. The summed E-state index contributed by atoms with van der Waals surface area (Å²) in [6.45, 7) is 5.53. The molecule has 2 heterocycles. The van der Waals surface area contributed by atoms with Crippen molar-refractivity contribution in [1.29, 1.82) is 0 Å². The largest absolute Gasteiger partial charge is 0.480 e. The number of pyridine rings is 1. The summed E-state index contributed by atoms with van der Waals surface area (Å²) in [5.74, 6) is -1.49.